The molecule has 1 heterocycles. The van der Waals surface area contributed by atoms with Crippen molar-refractivity contribution in [1.82, 2.24) is 9.97 Å². The molecule has 0 saturated carbocycles. The predicted octanol–water partition coefficient (Wildman–Crippen LogP) is 16.1. The first-order chi connectivity index (χ1) is 32.5. The molecule has 0 aliphatic heterocycles. The van der Waals surface area contributed by atoms with E-state index >= 15 is 0 Å². The molecule has 0 fully saturated rings. The van der Waals surface area contributed by atoms with Gasteiger partial charge in [0.1, 0.15) is 0 Å². The molecule has 0 atom stereocenters. The summed E-state index contributed by atoms with van der Waals surface area (Å²) in [6.07, 6.45) is 0. The molecule has 0 spiro atoms. The van der Waals surface area contributed by atoms with Crippen molar-refractivity contribution in [2.24, 2.45) is 0 Å². The van der Waals surface area contributed by atoms with Crippen LogP contribution in [0.15, 0.2) is 231 Å². The fraction of sp³-hybridized carbons (Fsp3) is 0.0625. The zero-order valence-corrected chi connectivity index (χ0v) is 36.8. The average Bonchev–Trinajstić information content (AvgIpc) is 3.82. The zero-order chi connectivity index (χ0) is 44.0. The molecule has 310 valence electrons. The van der Waals surface area contributed by atoms with Gasteiger partial charge < -0.3 is 0 Å². The molecule has 0 bridgehead atoms. The van der Waals surface area contributed by atoms with Gasteiger partial charge in [-0.3, -0.25) is 0 Å². The monoisotopic (exact) mass is 840 g/mol. The van der Waals surface area contributed by atoms with Crippen molar-refractivity contribution in [3.63, 3.8) is 0 Å². The van der Waals surface area contributed by atoms with Crippen LogP contribution in [0.2, 0.25) is 0 Å². The van der Waals surface area contributed by atoms with Gasteiger partial charge >= 0.3 is 0 Å². The molecule has 0 radical (unpaired) electrons. The molecular formula is C64H44N2. The molecule has 0 unspecified atom stereocenters. The first-order valence-electron chi connectivity index (χ1n) is 23.0. The first kappa shape index (κ1) is 38.3. The molecule has 0 saturated heterocycles. The Bertz CT molecular complexity index is 3680. The molecule has 13 rings (SSSR count). The standard InChI is InChI=1S/C64H44N2/c1-63(2)54-34-18-31-49(61(54)60-45-27-13-12-20-41(45)36-39-55(60)63)48-37-38-50(47-29-15-14-28-46(47)48)62-65-57(42-21-6-3-7-22-42)40-58(66-62)52-32-19-35-56-59(52)51-30-16-17-33-53(51)64(56,43-23-8-4-9-24-43)44-25-10-5-11-26-44/h3-40H,1-2H3. The summed E-state index contributed by atoms with van der Waals surface area (Å²) in [5.74, 6) is 0.700. The van der Waals surface area contributed by atoms with Gasteiger partial charge in [-0.1, -0.05) is 232 Å². The maximum absolute atomic E-state index is 5.63. The molecule has 2 aliphatic carbocycles. The van der Waals surface area contributed by atoms with E-state index in [2.05, 4.69) is 244 Å². The van der Waals surface area contributed by atoms with E-state index in [0.29, 0.717) is 5.82 Å². The normalized spacial score (nSPS) is 13.8. The fourth-order valence-corrected chi connectivity index (χ4v) is 11.7. The largest absolute Gasteiger partial charge is 0.228 e. The number of fused-ring (bicyclic) bond motifs is 9. The predicted molar refractivity (Wildman–Crippen MR) is 274 cm³/mol. The van der Waals surface area contributed by atoms with E-state index in [1.807, 2.05) is 0 Å². The molecular weight excluding hydrogens is 797 g/mol. The molecule has 66 heavy (non-hydrogen) atoms. The lowest BCUT2D eigenvalue weighted by molar-refractivity contribution is 0.661. The molecule has 2 nitrogen and oxygen atoms in total. The van der Waals surface area contributed by atoms with Crippen molar-refractivity contribution in [3.8, 4) is 67.3 Å². The third kappa shape index (κ3) is 5.48. The number of hydrogen-bond donors (Lipinski definition) is 0. The second kappa shape index (κ2) is 14.7. The lowest BCUT2D eigenvalue weighted by atomic mass is 9.67. The van der Waals surface area contributed by atoms with Crippen LogP contribution in [0.25, 0.3) is 88.8 Å². The Morgan fingerprint density at radius 1 is 0.318 bits per heavy atom. The van der Waals surface area contributed by atoms with Gasteiger partial charge in [0.2, 0.25) is 0 Å². The van der Waals surface area contributed by atoms with E-state index in [0.717, 1.165) is 33.5 Å². The Morgan fingerprint density at radius 2 is 0.848 bits per heavy atom. The third-order valence-electron chi connectivity index (χ3n) is 14.6. The SMILES string of the molecule is CC1(C)c2cccc(-c3ccc(-c4nc(-c5ccccc5)cc(-c5cccc6c5-c5ccccc5C6(c5ccccc5)c5ccccc5)n4)c4ccccc34)c2-c2c1ccc1ccccc21. The van der Waals surface area contributed by atoms with E-state index < -0.39 is 5.41 Å². The topological polar surface area (TPSA) is 25.8 Å². The smallest absolute Gasteiger partial charge is 0.161 e. The minimum Gasteiger partial charge on any atom is -0.228 e. The van der Waals surface area contributed by atoms with Gasteiger partial charge in [0, 0.05) is 22.1 Å². The number of hydrogen-bond acceptors (Lipinski definition) is 2. The van der Waals surface area contributed by atoms with Crippen LogP contribution < -0.4 is 0 Å². The van der Waals surface area contributed by atoms with Crippen molar-refractivity contribution < 1.29 is 0 Å². The summed E-state index contributed by atoms with van der Waals surface area (Å²) in [7, 11) is 0. The maximum atomic E-state index is 5.63. The molecule has 2 aliphatic rings. The highest BCUT2D eigenvalue weighted by Crippen LogP contribution is 2.59. The van der Waals surface area contributed by atoms with Gasteiger partial charge in [-0.2, -0.15) is 0 Å². The van der Waals surface area contributed by atoms with Crippen molar-refractivity contribution in [2.45, 2.75) is 24.7 Å². The van der Waals surface area contributed by atoms with Gasteiger partial charge in [0.05, 0.1) is 16.8 Å². The van der Waals surface area contributed by atoms with E-state index in [-0.39, 0.29) is 5.41 Å². The second-order valence-corrected chi connectivity index (χ2v) is 18.4. The summed E-state index contributed by atoms with van der Waals surface area (Å²) in [5.41, 5.74) is 19.6. The summed E-state index contributed by atoms with van der Waals surface area (Å²) in [5, 5.41) is 4.86. The molecule has 10 aromatic carbocycles. The van der Waals surface area contributed by atoms with Gasteiger partial charge in [-0.15, -0.1) is 0 Å². The number of rotatable bonds is 6. The summed E-state index contributed by atoms with van der Waals surface area (Å²) < 4.78 is 0. The van der Waals surface area contributed by atoms with E-state index in [1.54, 1.807) is 0 Å². The van der Waals surface area contributed by atoms with Crippen LogP contribution >= 0.6 is 0 Å². The summed E-state index contributed by atoms with van der Waals surface area (Å²) in [6.45, 7) is 4.74. The molecule has 2 heteroatoms. The lowest BCUT2D eigenvalue weighted by Crippen LogP contribution is -2.28. The second-order valence-electron chi connectivity index (χ2n) is 18.4. The summed E-state index contributed by atoms with van der Waals surface area (Å²) in [4.78, 5) is 11.1. The summed E-state index contributed by atoms with van der Waals surface area (Å²) in [6, 6.07) is 84.2. The zero-order valence-electron chi connectivity index (χ0n) is 36.8. The Labute approximate surface area is 385 Å². The summed E-state index contributed by atoms with van der Waals surface area (Å²) >= 11 is 0. The highest BCUT2D eigenvalue weighted by Gasteiger charge is 2.47. The van der Waals surface area contributed by atoms with Crippen LogP contribution in [0.5, 0.6) is 0 Å². The van der Waals surface area contributed by atoms with Crippen LogP contribution in [0, 0.1) is 0 Å². The van der Waals surface area contributed by atoms with Crippen LogP contribution in [-0.2, 0) is 10.8 Å². The van der Waals surface area contributed by atoms with Crippen molar-refractivity contribution in [1.29, 1.82) is 0 Å². The highest BCUT2D eigenvalue weighted by molar-refractivity contribution is 6.11. The molecule has 11 aromatic rings. The highest BCUT2D eigenvalue weighted by atomic mass is 14.9. The van der Waals surface area contributed by atoms with Crippen molar-refractivity contribution >= 4 is 21.5 Å². The lowest BCUT2D eigenvalue weighted by Gasteiger charge is -2.33. The van der Waals surface area contributed by atoms with Gasteiger partial charge in [0.15, 0.2) is 5.82 Å². The Hall–Kier alpha value is -8.20. The maximum Gasteiger partial charge on any atom is 0.161 e. The first-order valence-corrected chi connectivity index (χ1v) is 23.0. The van der Waals surface area contributed by atoms with Crippen molar-refractivity contribution in [2.75, 3.05) is 0 Å². The average molecular weight is 841 g/mol. The van der Waals surface area contributed by atoms with Crippen LogP contribution in [0.4, 0.5) is 0 Å². The Balaban J connectivity index is 1.05. The van der Waals surface area contributed by atoms with Crippen molar-refractivity contribution in [3.05, 3.63) is 264 Å². The van der Waals surface area contributed by atoms with Crippen LogP contribution in [0.3, 0.4) is 0 Å². The van der Waals surface area contributed by atoms with E-state index in [4.69, 9.17) is 9.97 Å². The Morgan fingerprint density at radius 3 is 1.59 bits per heavy atom. The number of benzene rings is 10. The molecule has 0 N–H and O–H groups in total. The quantitative estimate of drug-likeness (QED) is 0.167. The number of aromatic nitrogens is 2. The minimum atomic E-state index is -0.520. The van der Waals surface area contributed by atoms with E-state index in [9.17, 15) is 0 Å². The third-order valence-corrected chi connectivity index (χ3v) is 14.6. The van der Waals surface area contributed by atoms with E-state index in [1.165, 1.54) is 82.9 Å². The van der Waals surface area contributed by atoms with Gasteiger partial charge in [-0.25, -0.2) is 9.97 Å². The van der Waals surface area contributed by atoms with Gasteiger partial charge in [0.25, 0.3) is 0 Å². The van der Waals surface area contributed by atoms with Gasteiger partial charge in [-0.05, 0) is 100 Å². The molecule has 1 aromatic heterocycles. The fourth-order valence-electron chi connectivity index (χ4n) is 11.7. The minimum absolute atomic E-state index is 0.136. The van der Waals surface area contributed by atoms with Crippen LogP contribution in [-0.4, -0.2) is 9.97 Å². The Kier molecular flexibility index (Phi) is 8.51. The molecule has 0 amide bonds. The van der Waals surface area contributed by atoms with Crippen LogP contribution in [0.1, 0.15) is 47.2 Å². The number of nitrogens with zero attached hydrogens (tertiary/aromatic N) is 2.